The summed E-state index contributed by atoms with van der Waals surface area (Å²) in [7, 11) is 3.89. The molecule has 0 unspecified atom stereocenters. The number of rotatable bonds is 5. The van der Waals surface area contributed by atoms with Crippen molar-refractivity contribution in [2.75, 3.05) is 20.6 Å². The molecular formula is C13H17ClN4O. The Bertz CT molecular complexity index is 524. The molecule has 1 aromatic heterocycles. The fraction of sp³-hybridized carbons (Fsp3) is 0.308. The Balaban J connectivity index is 0.00000180. The largest absolute Gasteiger partial charge is 0.309 e. The maximum Gasteiger partial charge on any atom is 0.184 e. The van der Waals surface area contributed by atoms with E-state index < -0.39 is 0 Å². The summed E-state index contributed by atoms with van der Waals surface area (Å²) in [6.07, 6.45) is 1.98. The third-order valence-electron chi connectivity index (χ3n) is 2.62. The maximum absolute atomic E-state index is 12.1. The predicted octanol–water partition coefficient (Wildman–Crippen LogP) is 1.82. The van der Waals surface area contributed by atoms with Gasteiger partial charge >= 0.3 is 0 Å². The molecule has 0 fully saturated rings. The van der Waals surface area contributed by atoms with Gasteiger partial charge in [-0.1, -0.05) is 23.4 Å². The van der Waals surface area contributed by atoms with E-state index in [0.717, 1.165) is 12.2 Å². The van der Waals surface area contributed by atoms with E-state index in [1.807, 2.05) is 49.3 Å². The van der Waals surface area contributed by atoms with Crippen LogP contribution in [0.25, 0.3) is 5.69 Å². The summed E-state index contributed by atoms with van der Waals surface area (Å²) >= 11 is 0. The molecule has 0 saturated carbocycles. The summed E-state index contributed by atoms with van der Waals surface area (Å²) in [6.45, 7) is 0.721. The van der Waals surface area contributed by atoms with Gasteiger partial charge in [0.05, 0.1) is 11.9 Å². The molecule has 102 valence electrons. The van der Waals surface area contributed by atoms with E-state index in [-0.39, 0.29) is 18.2 Å². The lowest BCUT2D eigenvalue weighted by Crippen LogP contribution is -2.18. The molecule has 0 atom stereocenters. The SMILES string of the molecule is CN(C)CCC(=O)c1cnnn1-c1ccccc1.Cl. The highest BCUT2D eigenvalue weighted by Gasteiger charge is 2.14. The number of para-hydroxylation sites is 1. The number of halogens is 1. The number of nitrogens with zero attached hydrogens (tertiary/aromatic N) is 4. The Morgan fingerprint density at radius 2 is 1.95 bits per heavy atom. The summed E-state index contributed by atoms with van der Waals surface area (Å²) in [5.74, 6) is 0.0533. The molecule has 5 nitrogen and oxygen atoms in total. The smallest absolute Gasteiger partial charge is 0.184 e. The van der Waals surface area contributed by atoms with Crippen LogP contribution in [-0.2, 0) is 0 Å². The van der Waals surface area contributed by atoms with Gasteiger partial charge in [-0.25, -0.2) is 4.68 Å². The van der Waals surface area contributed by atoms with E-state index in [0.29, 0.717) is 12.1 Å². The first-order chi connectivity index (χ1) is 8.68. The minimum Gasteiger partial charge on any atom is -0.309 e. The number of Topliss-reactive ketones (excluding diaryl/α,β-unsaturated/α-hetero) is 1. The normalized spacial score (nSPS) is 10.3. The van der Waals surface area contributed by atoms with Gasteiger partial charge in [-0.15, -0.1) is 17.5 Å². The summed E-state index contributed by atoms with van der Waals surface area (Å²) < 4.78 is 1.58. The lowest BCUT2D eigenvalue weighted by atomic mass is 10.2. The van der Waals surface area contributed by atoms with Gasteiger partial charge in [-0.3, -0.25) is 4.79 Å². The molecule has 1 heterocycles. The Morgan fingerprint density at radius 3 is 2.58 bits per heavy atom. The molecule has 0 amide bonds. The zero-order chi connectivity index (χ0) is 13.0. The quantitative estimate of drug-likeness (QED) is 0.784. The fourth-order valence-corrected chi connectivity index (χ4v) is 1.64. The Labute approximate surface area is 118 Å². The van der Waals surface area contributed by atoms with Crippen LogP contribution in [0.2, 0.25) is 0 Å². The van der Waals surface area contributed by atoms with Crippen molar-refractivity contribution in [3.8, 4) is 5.69 Å². The van der Waals surface area contributed by atoms with Crippen LogP contribution in [-0.4, -0.2) is 46.3 Å². The van der Waals surface area contributed by atoms with Crippen LogP contribution >= 0.6 is 12.4 Å². The van der Waals surface area contributed by atoms with Crippen LogP contribution in [0.5, 0.6) is 0 Å². The standard InChI is InChI=1S/C13H16N4O.ClH/c1-16(2)9-8-13(18)12-10-14-15-17(12)11-6-4-3-5-7-11;/h3-7,10H,8-9H2,1-2H3;1H. The zero-order valence-electron chi connectivity index (χ0n) is 11.0. The van der Waals surface area contributed by atoms with E-state index in [9.17, 15) is 4.79 Å². The average molecular weight is 281 g/mol. The van der Waals surface area contributed by atoms with Crippen LogP contribution in [0.1, 0.15) is 16.9 Å². The van der Waals surface area contributed by atoms with Crippen molar-refractivity contribution in [3.05, 3.63) is 42.2 Å². The Morgan fingerprint density at radius 1 is 1.26 bits per heavy atom. The topological polar surface area (TPSA) is 51.0 Å². The summed E-state index contributed by atoms with van der Waals surface area (Å²) in [4.78, 5) is 14.1. The Hall–Kier alpha value is -1.72. The van der Waals surface area contributed by atoms with E-state index in [2.05, 4.69) is 10.3 Å². The van der Waals surface area contributed by atoms with E-state index in [1.165, 1.54) is 6.20 Å². The molecule has 0 N–H and O–H groups in total. The predicted molar refractivity (Wildman–Crippen MR) is 76.1 cm³/mol. The second kappa shape index (κ2) is 7.01. The molecule has 1 aromatic carbocycles. The molecule has 2 aromatic rings. The van der Waals surface area contributed by atoms with Gasteiger partial charge in [0.15, 0.2) is 5.78 Å². The van der Waals surface area contributed by atoms with Crippen molar-refractivity contribution < 1.29 is 4.79 Å². The Kier molecular flexibility index (Phi) is 5.66. The molecule has 0 spiro atoms. The second-order valence-electron chi connectivity index (χ2n) is 4.34. The first kappa shape index (κ1) is 15.3. The zero-order valence-corrected chi connectivity index (χ0v) is 11.8. The molecule has 2 rings (SSSR count). The van der Waals surface area contributed by atoms with Gasteiger partial charge in [-0.05, 0) is 26.2 Å². The highest BCUT2D eigenvalue weighted by atomic mass is 35.5. The summed E-state index contributed by atoms with van der Waals surface area (Å²) in [6, 6.07) is 9.54. The van der Waals surface area contributed by atoms with Gasteiger partial charge in [-0.2, -0.15) is 0 Å². The van der Waals surface area contributed by atoms with E-state index in [4.69, 9.17) is 0 Å². The molecule has 0 bridgehead atoms. The number of hydrogen-bond acceptors (Lipinski definition) is 4. The number of hydrogen-bond donors (Lipinski definition) is 0. The van der Waals surface area contributed by atoms with Crippen molar-refractivity contribution in [2.24, 2.45) is 0 Å². The van der Waals surface area contributed by atoms with Crippen molar-refractivity contribution in [1.29, 1.82) is 0 Å². The summed E-state index contributed by atoms with van der Waals surface area (Å²) in [5, 5.41) is 7.79. The molecule has 19 heavy (non-hydrogen) atoms. The summed E-state index contributed by atoms with van der Waals surface area (Å²) in [5.41, 5.74) is 1.38. The van der Waals surface area contributed by atoms with Crippen LogP contribution < -0.4 is 0 Å². The fourth-order valence-electron chi connectivity index (χ4n) is 1.64. The third kappa shape index (κ3) is 3.87. The van der Waals surface area contributed by atoms with Crippen molar-refractivity contribution in [2.45, 2.75) is 6.42 Å². The van der Waals surface area contributed by atoms with Crippen molar-refractivity contribution in [1.82, 2.24) is 19.9 Å². The first-order valence-corrected chi connectivity index (χ1v) is 5.82. The monoisotopic (exact) mass is 280 g/mol. The molecule has 0 saturated heterocycles. The van der Waals surface area contributed by atoms with Gasteiger partial charge in [0.2, 0.25) is 0 Å². The number of benzene rings is 1. The second-order valence-corrected chi connectivity index (χ2v) is 4.34. The minimum atomic E-state index is 0. The molecule has 0 radical (unpaired) electrons. The number of carbonyl (C=O) groups excluding carboxylic acids is 1. The van der Waals surface area contributed by atoms with Gasteiger partial charge in [0, 0.05) is 13.0 Å². The van der Waals surface area contributed by atoms with Gasteiger partial charge in [0.25, 0.3) is 0 Å². The molecule has 0 aliphatic carbocycles. The number of ketones is 1. The average Bonchev–Trinajstić information content (AvgIpc) is 2.86. The number of aromatic nitrogens is 3. The van der Waals surface area contributed by atoms with Gasteiger partial charge in [0.1, 0.15) is 5.69 Å². The molecule has 0 aliphatic heterocycles. The highest BCUT2D eigenvalue weighted by molar-refractivity contribution is 5.94. The van der Waals surface area contributed by atoms with Crippen LogP contribution in [0, 0.1) is 0 Å². The lowest BCUT2D eigenvalue weighted by molar-refractivity contribution is 0.0965. The van der Waals surface area contributed by atoms with Crippen molar-refractivity contribution in [3.63, 3.8) is 0 Å². The first-order valence-electron chi connectivity index (χ1n) is 5.82. The van der Waals surface area contributed by atoms with Crippen LogP contribution in [0.3, 0.4) is 0 Å². The van der Waals surface area contributed by atoms with Crippen LogP contribution in [0.15, 0.2) is 36.5 Å². The van der Waals surface area contributed by atoms with Crippen LogP contribution in [0.4, 0.5) is 0 Å². The maximum atomic E-state index is 12.1. The number of carbonyl (C=O) groups is 1. The van der Waals surface area contributed by atoms with Gasteiger partial charge < -0.3 is 4.90 Å². The molecule has 0 aliphatic rings. The van der Waals surface area contributed by atoms with E-state index >= 15 is 0 Å². The highest BCUT2D eigenvalue weighted by Crippen LogP contribution is 2.10. The van der Waals surface area contributed by atoms with E-state index in [1.54, 1.807) is 4.68 Å². The van der Waals surface area contributed by atoms with Crippen molar-refractivity contribution >= 4 is 18.2 Å². The third-order valence-corrected chi connectivity index (χ3v) is 2.62. The minimum absolute atomic E-state index is 0. The molecule has 6 heteroatoms. The lowest BCUT2D eigenvalue weighted by Gasteiger charge is -2.09. The molecular weight excluding hydrogens is 264 g/mol.